The Labute approximate surface area is 126 Å². The van der Waals surface area contributed by atoms with Crippen LogP contribution in [-0.2, 0) is 14.1 Å². The molecule has 7 heteroatoms. The Bertz CT molecular complexity index is 1030. The number of anilines is 1. The number of nitrogen functional groups attached to an aromatic ring is 1. The Balaban J connectivity index is 2.03. The molecular weight excluding hydrogens is 278 g/mol. The van der Waals surface area contributed by atoms with Crippen LogP contribution in [0.5, 0.6) is 0 Å². The zero-order valence-electron chi connectivity index (χ0n) is 12.6. The molecule has 1 aromatic carbocycles. The molecule has 0 saturated carbocycles. The van der Waals surface area contributed by atoms with Crippen molar-refractivity contribution in [3.63, 3.8) is 0 Å². The number of fused-ring (bicyclic) bond motifs is 2. The summed E-state index contributed by atoms with van der Waals surface area (Å²) in [5.41, 5.74) is 10.6. The lowest BCUT2D eigenvalue weighted by molar-refractivity contribution is 0.751. The summed E-state index contributed by atoms with van der Waals surface area (Å²) in [5.74, 6) is 0.436. The molecule has 22 heavy (non-hydrogen) atoms. The van der Waals surface area contributed by atoms with Crippen molar-refractivity contribution in [1.29, 1.82) is 0 Å². The number of hydrogen-bond donors (Lipinski definition) is 1. The van der Waals surface area contributed by atoms with E-state index in [0.717, 1.165) is 38.9 Å². The SMILES string of the molecule is Cc1c2ccc(-c3nn(C)c4ncnc(N)c34)cc2nn1C. The molecule has 2 N–H and O–H groups in total. The molecule has 0 aliphatic heterocycles. The highest BCUT2D eigenvalue weighted by atomic mass is 15.3. The van der Waals surface area contributed by atoms with Crippen LogP contribution in [0.15, 0.2) is 24.5 Å². The van der Waals surface area contributed by atoms with Gasteiger partial charge in [-0.3, -0.25) is 4.68 Å². The second kappa shape index (κ2) is 4.27. The summed E-state index contributed by atoms with van der Waals surface area (Å²) in [5, 5.41) is 11.0. The van der Waals surface area contributed by atoms with E-state index in [4.69, 9.17) is 5.73 Å². The van der Waals surface area contributed by atoms with Crippen LogP contribution >= 0.6 is 0 Å². The van der Waals surface area contributed by atoms with Crippen LogP contribution in [0, 0.1) is 6.92 Å². The molecular formula is C15H15N7. The number of nitrogens with two attached hydrogens (primary N) is 1. The fraction of sp³-hybridized carbons (Fsp3) is 0.200. The highest BCUT2D eigenvalue weighted by Crippen LogP contribution is 2.31. The van der Waals surface area contributed by atoms with Crippen molar-refractivity contribution in [3.8, 4) is 11.3 Å². The molecule has 0 aliphatic carbocycles. The molecule has 7 nitrogen and oxygen atoms in total. The van der Waals surface area contributed by atoms with Crippen LogP contribution < -0.4 is 5.73 Å². The summed E-state index contributed by atoms with van der Waals surface area (Å²) < 4.78 is 3.60. The molecule has 0 amide bonds. The van der Waals surface area contributed by atoms with E-state index in [9.17, 15) is 0 Å². The predicted octanol–water partition coefficient (Wildman–Crippen LogP) is 1.81. The molecule has 0 unspecified atom stereocenters. The van der Waals surface area contributed by atoms with E-state index < -0.39 is 0 Å². The van der Waals surface area contributed by atoms with Gasteiger partial charge in [-0.05, 0) is 13.0 Å². The summed E-state index contributed by atoms with van der Waals surface area (Å²) in [7, 11) is 3.79. The Morgan fingerprint density at radius 1 is 1.05 bits per heavy atom. The largest absolute Gasteiger partial charge is 0.383 e. The lowest BCUT2D eigenvalue weighted by Crippen LogP contribution is -1.95. The van der Waals surface area contributed by atoms with Gasteiger partial charge in [-0.25, -0.2) is 14.6 Å². The van der Waals surface area contributed by atoms with E-state index >= 15 is 0 Å². The highest BCUT2D eigenvalue weighted by Gasteiger charge is 2.16. The third-order valence-electron chi connectivity index (χ3n) is 4.05. The van der Waals surface area contributed by atoms with Gasteiger partial charge in [0.2, 0.25) is 0 Å². The van der Waals surface area contributed by atoms with Gasteiger partial charge in [-0.1, -0.05) is 12.1 Å². The Morgan fingerprint density at radius 3 is 2.68 bits per heavy atom. The second-order valence-electron chi connectivity index (χ2n) is 5.37. The number of aryl methyl sites for hydroxylation is 3. The van der Waals surface area contributed by atoms with Crippen molar-refractivity contribution in [2.45, 2.75) is 6.92 Å². The van der Waals surface area contributed by atoms with Gasteiger partial charge < -0.3 is 5.73 Å². The summed E-state index contributed by atoms with van der Waals surface area (Å²) in [6.45, 7) is 2.05. The van der Waals surface area contributed by atoms with Crippen molar-refractivity contribution in [2.75, 3.05) is 5.73 Å². The Hall–Kier alpha value is -2.96. The topological polar surface area (TPSA) is 87.4 Å². The minimum absolute atomic E-state index is 0.436. The first kappa shape index (κ1) is 12.8. The normalized spacial score (nSPS) is 11.6. The molecule has 0 radical (unpaired) electrons. The van der Waals surface area contributed by atoms with Crippen LogP contribution in [0.25, 0.3) is 33.2 Å². The quantitative estimate of drug-likeness (QED) is 0.578. The van der Waals surface area contributed by atoms with Gasteiger partial charge in [0.25, 0.3) is 0 Å². The summed E-state index contributed by atoms with van der Waals surface area (Å²) in [6, 6.07) is 6.12. The average molecular weight is 293 g/mol. The molecule has 3 heterocycles. The highest BCUT2D eigenvalue weighted by molar-refractivity contribution is 5.99. The van der Waals surface area contributed by atoms with Gasteiger partial charge in [0, 0.05) is 30.7 Å². The molecule has 110 valence electrons. The Kier molecular flexibility index (Phi) is 2.47. The Morgan fingerprint density at radius 2 is 1.86 bits per heavy atom. The standard InChI is InChI=1S/C15H15N7/c1-8-10-5-4-9(6-11(10)19-21(8)2)13-12-14(16)17-7-18-15(12)22(3)20-13/h4-7H,1-3H3,(H2,16,17,18). The summed E-state index contributed by atoms with van der Waals surface area (Å²) in [6.07, 6.45) is 1.45. The summed E-state index contributed by atoms with van der Waals surface area (Å²) in [4.78, 5) is 8.34. The fourth-order valence-electron chi connectivity index (χ4n) is 2.79. The van der Waals surface area contributed by atoms with Crippen molar-refractivity contribution in [1.82, 2.24) is 29.5 Å². The maximum absolute atomic E-state index is 6.02. The van der Waals surface area contributed by atoms with Crippen LogP contribution in [0.1, 0.15) is 5.69 Å². The zero-order chi connectivity index (χ0) is 15.4. The predicted molar refractivity (Wildman–Crippen MR) is 85.2 cm³/mol. The van der Waals surface area contributed by atoms with Crippen molar-refractivity contribution in [2.24, 2.45) is 14.1 Å². The van der Waals surface area contributed by atoms with Gasteiger partial charge in [0.05, 0.1) is 10.9 Å². The number of rotatable bonds is 1. The molecule has 0 saturated heterocycles. The smallest absolute Gasteiger partial charge is 0.163 e. The minimum atomic E-state index is 0.436. The maximum Gasteiger partial charge on any atom is 0.163 e. The first-order valence-electron chi connectivity index (χ1n) is 6.93. The van der Waals surface area contributed by atoms with E-state index in [-0.39, 0.29) is 0 Å². The first-order chi connectivity index (χ1) is 10.6. The number of aromatic nitrogens is 6. The van der Waals surface area contributed by atoms with Crippen LogP contribution in [0.2, 0.25) is 0 Å². The molecule has 0 spiro atoms. The number of hydrogen-bond acceptors (Lipinski definition) is 5. The molecule has 3 aromatic heterocycles. The van der Waals surface area contributed by atoms with Crippen molar-refractivity contribution >= 4 is 27.8 Å². The fourth-order valence-corrected chi connectivity index (χ4v) is 2.79. The van der Waals surface area contributed by atoms with E-state index in [1.165, 1.54) is 6.33 Å². The average Bonchev–Trinajstić information content (AvgIpc) is 2.98. The molecule has 4 aromatic rings. The molecule has 0 fully saturated rings. The van der Waals surface area contributed by atoms with E-state index in [0.29, 0.717) is 5.82 Å². The zero-order valence-corrected chi connectivity index (χ0v) is 12.6. The summed E-state index contributed by atoms with van der Waals surface area (Å²) >= 11 is 0. The van der Waals surface area contributed by atoms with Crippen molar-refractivity contribution < 1.29 is 0 Å². The van der Waals surface area contributed by atoms with E-state index in [1.807, 2.05) is 30.9 Å². The molecule has 4 rings (SSSR count). The third-order valence-corrected chi connectivity index (χ3v) is 4.05. The van der Waals surface area contributed by atoms with E-state index in [2.05, 4.69) is 33.2 Å². The number of benzene rings is 1. The minimum Gasteiger partial charge on any atom is -0.383 e. The van der Waals surface area contributed by atoms with Crippen molar-refractivity contribution in [3.05, 3.63) is 30.2 Å². The third kappa shape index (κ3) is 1.62. The lowest BCUT2D eigenvalue weighted by atomic mass is 10.1. The van der Waals surface area contributed by atoms with Gasteiger partial charge >= 0.3 is 0 Å². The van der Waals surface area contributed by atoms with Gasteiger partial charge in [0.15, 0.2) is 5.65 Å². The van der Waals surface area contributed by atoms with Crippen LogP contribution in [0.3, 0.4) is 0 Å². The maximum atomic E-state index is 6.02. The van der Waals surface area contributed by atoms with E-state index in [1.54, 1.807) is 4.68 Å². The van der Waals surface area contributed by atoms with Gasteiger partial charge in [-0.2, -0.15) is 10.2 Å². The van der Waals surface area contributed by atoms with Gasteiger partial charge in [0.1, 0.15) is 17.8 Å². The lowest BCUT2D eigenvalue weighted by Gasteiger charge is -2.00. The number of nitrogens with zero attached hydrogens (tertiary/aromatic N) is 6. The first-order valence-corrected chi connectivity index (χ1v) is 6.93. The second-order valence-corrected chi connectivity index (χ2v) is 5.37. The monoisotopic (exact) mass is 293 g/mol. The van der Waals surface area contributed by atoms with Gasteiger partial charge in [-0.15, -0.1) is 0 Å². The molecule has 0 aliphatic rings. The van der Waals surface area contributed by atoms with Crippen LogP contribution in [-0.4, -0.2) is 29.5 Å². The van der Waals surface area contributed by atoms with Crippen LogP contribution in [0.4, 0.5) is 5.82 Å². The molecule has 0 bridgehead atoms. The molecule has 0 atom stereocenters.